The molecule has 0 spiro atoms. The van der Waals surface area contributed by atoms with E-state index in [0.717, 1.165) is 16.0 Å². The quantitative estimate of drug-likeness (QED) is 0.416. The Kier molecular flexibility index (Phi) is 8.05. The second-order valence-electron chi connectivity index (χ2n) is 6.74. The van der Waals surface area contributed by atoms with Crippen LogP contribution in [0.1, 0.15) is 13.8 Å². The first-order valence-corrected chi connectivity index (χ1v) is 12.6. The Bertz CT molecular complexity index is 1240. The third-order valence-electron chi connectivity index (χ3n) is 4.58. The minimum absolute atomic E-state index is 0.0452. The van der Waals surface area contributed by atoms with Gasteiger partial charge < -0.3 is 18.8 Å². The SMILES string of the molecule is CCOCCn1c(=NC(=O)CS(=O)(=O)c2ccc(OC)cc2)sc2cc(OCC)ccc21. The molecule has 1 amide bonds. The molecule has 0 saturated heterocycles. The largest absolute Gasteiger partial charge is 0.497 e. The smallest absolute Gasteiger partial charge is 0.263 e. The van der Waals surface area contributed by atoms with Crippen molar-refractivity contribution in [2.24, 2.45) is 4.99 Å². The number of fused-ring (bicyclic) bond motifs is 1. The van der Waals surface area contributed by atoms with Crippen molar-refractivity contribution in [3.05, 3.63) is 47.3 Å². The molecule has 0 atom stereocenters. The fourth-order valence-corrected chi connectivity index (χ4v) is 5.29. The minimum Gasteiger partial charge on any atom is -0.497 e. The summed E-state index contributed by atoms with van der Waals surface area (Å²) in [6.45, 7) is 5.86. The predicted molar refractivity (Wildman–Crippen MR) is 123 cm³/mol. The number of carbonyl (C=O) groups is 1. The monoisotopic (exact) mass is 478 g/mol. The molecule has 1 heterocycles. The number of nitrogens with zero attached hydrogens (tertiary/aromatic N) is 2. The number of hydrogen-bond donors (Lipinski definition) is 0. The summed E-state index contributed by atoms with van der Waals surface area (Å²) < 4.78 is 44.1. The van der Waals surface area contributed by atoms with Gasteiger partial charge in [-0.05, 0) is 56.3 Å². The van der Waals surface area contributed by atoms with Gasteiger partial charge in [-0.1, -0.05) is 11.3 Å². The number of amides is 1. The van der Waals surface area contributed by atoms with Crippen molar-refractivity contribution in [2.45, 2.75) is 25.3 Å². The first-order chi connectivity index (χ1) is 15.4. The zero-order valence-corrected chi connectivity index (χ0v) is 19.9. The normalized spacial score (nSPS) is 12.3. The van der Waals surface area contributed by atoms with Gasteiger partial charge in [-0.2, -0.15) is 4.99 Å². The Morgan fingerprint density at radius 2 is 1.78 bits per heavy atom. The van der Waals surface area contributed by atoms with E-state index in [-0.39, 0.29) is 4.90 Å². The number of ether oxygens (including phenoxy) is 3. The molecule has 0 N–H and O–H groups in total. The van der Waals surface area contributed by atoms with Gasteiger partial charge in [0.1, 0.15) is 17.3 Å². The summed E-state index contributed by atoms with van der Waals surface area (Å²) in [7, 11) is -2.34. The van der Waals surface area contributed by atoms with Gasteiger partial charge in [-0.15, -0.1) is 0 Å². The van der Waals surface area contributed by atoms with Crippen LogP contribution >= 0.6 is 11.3 Å². The van der Waals surface area contributed by atoms with E-state index in [1.54, 1.807) is 0 Å². The molecule has 0 aliphatic carbocycles. The molecule has 3 rings (SSSR count). The second-order valence-corrected chi connectivity index (χ2v) is 9.73. The van der Waals surface area contributed by atoms with Crippen molar-refractivity contribution >= 4 is 37.3 Å². The van der Waals surface area contributed by atoms with E-state index in [1.807, 2.05) is 36.6 Å². The van der Waals surface area contributed by atoms with Crippen molar-refractivity contribution in [1.29, 1.82) is 0 Å². The molecule has 0 radical (unpaired) electrons. The summed E-state index contributed by atoms with van der Waals surface area (Å²) in [5.74, 6) is -0.198. The Balaban J connectivity index is 1.93. The highest BCUT2D eigenvalue weighted by atomic mass is 32.2. The molecular weight excluding hydrogens is 452 g/mol. The standard InChI is InChI=1S/C22H26N2O6S2/c1-4-29-13-12-24-19-11-8-17(30-5-2)14-20(19)31-22(24)23-21(25)15-32(26,27)18-9-6-16(28-3)7-10-18/h6-11,14H,4-5,12-13,15H2,1-3H3. The first-order valence-electron chi connectivity index (χ1n) is 10.2. The van der Waals surface area contributed by atoms with E-state index in [4.69, 9.17) is 14.2 Å². The van der Waals surface area contributed by atoms with E-state index in [9.17, 15) is 13.2 Å². The third kappa shape index (κ3) is 5.76. The van der Waals surface area contributed by atoms with E-state index in [1.165, 1.54) is 42.7 Å². The Morgan fingerprint density at radius 3 is 2.44 bits per heavy atom. The zero-order chi connectivity index (χ0) is 23.1. The molecule has 0 unspecified atom stereocenters. The number of carbonyl (C=O) groups excluding carboxylic acids is 1. The number of aromatic nitrogens is 1. The van der Waals surface area contributed by atoms with Crippen LogP contribution in [0.4, 0.5) is 0 Å². The maximum Gasteiger partial charge on any atom is 0.263 e. The lowest BCUT2D eigenvalue weighted by atomic mass is 10.3. The summed E-state index contributed by atoms with van der Waals surface area (Å²) in [5, 5.41) is 0. The van der Waals surface area contributed by atoms with Crippen LogP contribution in [0.25, 0.3) is 10.2 Å². The number of hydrogen-bond acceptors (Lipinski definition) is 7. The maximum absolute atomic E-state index is 12.7. The first kappa shape index (κ1) is 24.0. The van der Waals surface area contributed by atoms with Crippen LogP contribution < -0.4 is 14.3 Å². The van der Waals surface area contributed by atoms with E-state index >= 15 is 0 Å². The second kappa shape index (κ2) is 10.8. The van der Waals surface area contributed by atoms with Gasteiger partial charge in [0.15, 0.2) is 14.6 Å². The van der Waals surface area contributed by atoms with Crippen LogP contribution in [0, 0.1) is 0 Å². The van der Waals surface area contributed by atoms with Crippen LogP contribution in [0.5, 0.6) is 11.5 Å². The summed E-state index contributed by atoms with van der Waals surface area (Å²) in [6, 6.07) is 11.6. The summed E-state index contributed by atoms with van der Waals surface area (Å²) >= 11 is 1.31. The van der Waals surface area contributed by atoms with E-state index in [2.05, 4.69) is 4.99 Å². The van der Waals surface area contributed by atoms with Gasteiger partial charge in [0, 0.05) is 13.2 Å². The molecule has 0 bridgehead atoms. The summed E-state index contributed by atoms with van der Waals surface area (Å²) in [4.78, 5) is 17.2. The van der Waals surface area contributed by atoms with Crippen LogP contribution in [0.15, 0.2) is 52.4 Å². The Morgan fingerprint density at radius 1 is 1.06 bits per heavy atom. The maximum atomic E-state index is 12.7. The van der Waals surface area contributed by atoms with Gasteiger partial charge in [0.05, 0.1) is 35.4 Å². The lowest BCUT2D eigenvalue weighted by Crippen LogP contribution is -2.22. The molecule has 0 fully saturated rings. The van der Waals surface area contributed by atoms with Gasteiger partial charge in [-0.3, -0.25) is 4.79 Å². The molecule has 32 heavy (non-hydrogen) atoms. The lowest BCUT2D eigenvalue weighted by molar-refractivity contribution is -0.115. The molecule has 0 saturated carbocycles. The topological polar surface area (TPSA) is 96.2 Å². The Labute approximate surface area is 191 Å². The number of benzene rings is 2. The molecular formula is C22H26N2O6S2. The average molecular weight is 479 g/mol. The van der Waals surface area contributed by atoms with Gasteiger partial charge in [-0.25, -0.2) is 8.42 Å². The summed E-state index contributed by atoms with van der Waals surface area (Å²) in [5.41, 5.74) is 0.878. The molecule has 172 valence electrons. The number of methoxy groups -OCH3 is 1. The van der Waals surface area contributed by atoms with Gasteiger partial charge in [0.2, 0.25) is 0 Å². The zero-order valence-electron chi connectivity index (χ0n) is 18.2. The molecule has 1 aromatic heterocycles. The molecule has 3 aromatic rings. The van der Waals surface area contributed by atoms with Gasteiger partial charge >= 0.3 is 0 Å². The minimum atomic E-state index is -3.83. The van der Waals surface area contributed by atoms with Crippen molar-refractivity contribution in [1.82, 2.24) is 4.57 Å². The third-order valence-corrected chi connectivity index (χ3v) is 7.24. The lowest BCUT2D eigenvalue weighted by Gasteiger charge is -2.07. The average Bonchev–Trinajstić information content (AvgIpc) is 3.10. The van der Waals surface area contributed by atoms with E-state index < -0.39 is 21.5 Å². The number of rotatable bonds is 10. The number of sulfone groups is 1. The van der Waals surface area contributed by atoms with Crippen molar-refractivity contribution in [2.75, 3.05) is 32.7 Å². The van der Waals surface area contributed by atoms with Crippen molar-refractivity contribution < 1.29 is 27.4 Å². The molecule has 8 nitrogen and oxygen atoms in total. The van der Waals surface area contributed by atoms with Crippen molar-refractivity contribution in [3.63, 3.8) is 0 Å². The Hall–Kier alpha value is -2.69. The fraction of sp³-hybridized carbons (Fsp3) is 0.364. The van der Waals surface area contributed by atoms with Crippen molar-refractivity contribution in [3.8, 4) is 11.5 Å². The summed E-state index contributed by atoms with van der Waals surface area (Å²) in [6.07, 6.45) is 0. The highest BCUT2D eigenvalue weighted by Crippen LogP contribution is 2.23. The highest BCUT2D eigenvalue weighted by Gasteiger charge is 2.20. The van der Waals surface area contributed by atoms with Crippen LogP contribution in [0.2, 0.25) is 0 Å². The van der Waals surface area contributed by atoms with Crippen LogP contribution in [-0.4, -0.2) is 51.6 Å². The van der Waals surface area contributed by atoms with Crippen LogP contribution in [-0.2, 0) is 25.9 Å². The molecule has 2 aromatic carbocycles. The highest BCUT2D eigenvalue weighted by molar-refractivity contribution is 7.92. The van der Waals surface area contributed by atoms with Crippen LogP contribution in [0.3, 0.4) is 0 Å². The van der Waals surface area contributed by atoms with Gasteiger partial charge in [0.25, 0.3) is 5.91 Å². The fourth-order valence-electron chi connectivity index (χ4n) is 3.08. The molecule has 10 heteroatoms. The molecule has 0 aliphatic rings. The number of thiazole rings is 1. The molecule has 0 aliphatic heterocycles. The van der Waals surface area contributed by atoms with E-state index in [0.29, 0.717) is 36.9 Å². The predicted octanol–water partition coefficient (Wildman–Crippen LogP) is 3.05.